The molecule has 1 aromatic carbocycles. The van der Waals surface area contributed by atoms with Crippen molar-refractivity contribution in [3.8, 4) is 5.75 Å². The van der Waals surface area contributed by atoms with Gasteiger partial charge in [-0.15, -0.1) is 0 Å². The van der Waals surface area contributed by atoms with E-state index in [-0.39, 0.29) is 5.56 Å². The van der Waals surface area contributed by atoms with Crippen molar-refractivity contribution in [1.29, 1.82) is 0 Å². The first kappa shape index (κ1) is 21.7. The number of carbonyl (C=O) groups is 5. The van der Waals surface area contributed by atoms with Crippen LogP contribution in [-0.4, -0.2) is 61.0 Å². The van der Waals surface area contributed by atoms with Gasteiger partial charge < -0.3 is 21.1 Å². The molecule has 0 heterocycles. The lowest BCUT2D eigenvalue weighted by Crippen LogP contribution is -2.72. The maximum atomic E-state index is 13.4. The van der Waals surface area contributed by atoms with Crippen molar-refractivity contribution < 1.29 is 44.2 Å². The van der Waals surface area contributed by atoms with E-state index in [0.29, 0.717) is 0 Å². The molecule has 3 aliphatic carbocycles. The Labute approximate surface area is 179 Å². The zero-order valence-corrected chi connectivity index (χ0v) is 16.5. The van der Waals surface area contributed by atoms with E-state index >= 15 is 0 Å². The van der Waals surface area contributed by atoms with Crippen molar-refractivity contribution in [2.45, 2.75) is 31.0 Å². The molecule has 7 atom stereocenters. The normalized spacial score (nSPS) is 36.2. The highest BCUT2D eigenvalue weighted by molar-refractivity contribution is 6.31. The summed E-state index contributed by atoms with van der Waals surface area (Å²) in [5, 5.41) is 43.6. The number of nitrogens with two attached hydrogens (primary N) is 1. The molecule has 2 unspecified atom stereocenters. The van der Waals surface area contributed by atoms with Crippen LogP contribution in [0.4, 0.5) is 5.69 Å². The van der Waals surface area contributed by atoms with Gasteiger partial charge in [0.15, 0.2) is 34.7 Å². The van der Waals surface area contributed by atoms with Crippen molar-refractivity contribution in [1.82, 2.24) is 0 Å². The minimum atomic E-state index is -3.03. The maximum absolute atomic E-state index is 13.4. The predicted molar refractivity (Wildman–Crippen MR) is 101 cm³/mol. The SMILES string of the molecule is C[C@@H]1c2ccc([N+](=O)[O-])c(O)c2C(=O)C2C(=O)[C@]3(O)C(=O)C(C(N)=O)C(=O)C[C@@H]3[C@@H](O)[C@@H]21. The van der Waals surface area contributed by atoms with Gasteiger partial charge in [0, 0.05) is 24.3 Å². The van der Waals surface area contributed by atoms with Crippen LogP contribution in [0, 0.1) is 33.8 Å². The molecule has 12 heteroatoms. The number of primary amides is 1. The lowest BCUT2D eigenvalue weighted by molar-refractivity contribution is -0.385. The van der Waals surface area contributed by atoms with E-state index < -0.39 is 98.7 Å². The summed E-state index contributed by atoms with van der Waals surface area (Å²) in [6, 6.07) is 2.21. The molecule has 1 amide bonds. The number of ketones is 4. The molecular weight excluding hydrogens is 428 g/mol. The zero-order chi connectivity index (χ0) is 23.9. The van der Waals surface area contributed by atoms with E-state index in [1.165, 1.54) is 13.0 Å². The van der Waals surface area contributed by atoms with Gasteiger partial charge in [-0.05, 0) is 11.5 Å². The number of phenolic OH excluding ortho intramolecular Hbond substituents is 1. The highest BCUT2D eigenvalue weighted by atomic mass is 16.6. The molecule has 168 valence electrons. The zero-order valence-electron chi connectivity index (χ0n) is 16.5. The van der Waals surface area contributed by atoms with Crippen LogP contribution in [0.15, 0.2) is 12.1 Å². The van der Waals surface area contributed by atoms with Crippen molar-refractivity contribution in [3.63, 3.8) is 0 Å². The number of nitrogens with zero attached hydrogens (tertiary/aromatic N) is 1. The van der Waals surface area contributed by atoms with Crippen molar-refractivity contribution in [2.24, 2.45) is 29.4 Å². The number of hydrogen-bond donors (Lipinski definition) is 4. The number of Topliss-reactive ketones (excluding diaryl/α,β-unsaturated/α-hetero) is 4. The van der Waals surface area contributed by atoms with E-state index in [1.54, 1.807) is 0 Å². The van der Waals surface area contributed by atoms with Gasteiger partial charge in [0.25, 0.3) is 0 Å². The van der Waals surface area contributed by atoms with Gasteiger partial charge >= 0.3 is 5.69 Å². The van der Waals surface area contributed by atoms with E-state index in [9.17, 15) is 49.4 Å². The smallest absolute Gasteiger partial charge is 0.311 e. The summed E-state index contributed by atoms with van der Waals surface area (Å²) in [5.74, 6) is -14.8. The largest absolute Gasteiger partial charge is 0.502 e. The molecule has 3 aliphatic rings. The first-order valence-corrected chi connectivity index (χ1v) is 9.71. The fourth-order valence-electron chi connectivity index (χ4n) is 5.49. The molecule has 12 nitrogen and oxygen atoms in total. The third-order valence-electron chi connectivity index (χ3n) is 7.03. The predicted octanol–water partition coefficient (Wildman–Crippen LogP) is -1.23. The monoisotopic (exact) mass is 446 g/mol. The second-order valence-corrected chi connectivity index (χ2v) is 8.46. The summed E-state index contributed by atoms with van der Waals surface area (Å²) >= 11 is 0. The summed E-state index contributed by atoms with van der Waals surface area (Å²) in [6.07, 6.45) is -2.38. The second kappa shape index (κ2) is 6.74. The van der Waals surface area contributed by atoms with Crippen LogP contribution in [0.1, 0.15) is 35.2 Å². The molecule has 0 aromatic heterocycles. The average molecular weight is 446 g/mol. The van der Waals surface area contributed by atoms with Gasteiger partial charge in [0.2, 0.25) is 11.7 Å². The van der Waals surface area contributed by atoms with Crippen molar-refractivity contribution in [3.05, 3.63) is 33.4 Å². The molecule has 2 saturated carbocycles. The standard InChI is InChI=1S/C20H18N2O10/c1-5-6-2-3-8(22(31)32)15(25)11(6)16(26)13-10(5)14(24)7-4-9(23)12(19(21)29)17(27)20(7,30)18(13)28/h2-3,5,7,10,12-14,24-25,30H,4H2,1H3,(H2,21,29)/t5-,7-,10-,12?,13?,14-,20-/m1/s1. The molecule has 0 aliphatic heterocycles. The quantitative estimate of drug-likeness (QED) is 0.241. The third kappa shape index (κ3) is 2.47. The molecule has 0 bridgehead atoms. The Hall–Kier alpha value is -3.51. The van der Waals surface area contributed by atoms with Gasteiger partial charge in [-0.3, -0.25) is 34.1 Å². The summed E-state index contributed by atoms with van der Waals surface area (Å²) in [7, 11) is 0. The lowest BCUT2D eigenvalue weighted by Gasteiger charge is -2.52. The van der Waals surface area contributed by atoms with Crippen LogP contribution in [0.2, 0.25) is 0 Å². The lowest BCUT2D eigenvalue weighted by atomic mass is 9.50. The second-order valence-electron chi connectivity index (χ2n) is 8.46. The number of benzene rings is 1. The first-order chi connectivity index (χ1) is 14.8. The number of phenols is 1. The number of aliphatic hydroxyl groups is 2. The number of fused-ring (bicyclic) bond motifs is 3. The molecule has 2 fully saturated rings. The van der Waals surface area contributed by atoms with Crippen molar-refractivity contribution in [2.75, 3.05) is 0 Å². The van der Waals surface area contributed by atoms with Crippen LogP contribution in [0.3, 0.4) is 0 Å². The average Bonchev–Trinajstić information content (AvgIpc) is 2.70. The number of aliphatic hydroxyl groups excluding tert-OH is 1. The summed E-state index contributed by atoms with van der Waals surface area (Å²) in [5.41, 5.74) is 0.903. The number of hydrogen-bond acceptors (Lipinski definition) is 10. The van der Waals surface area contributed by atoms with Gasteiger partial charge in [0.05, 0.1) is 22.5 Å². The Kier molecular flexibility index (Phi) is 4.57. The fraction of sp³-hybridized carbons (Fsp3) is 0.450. The Bertz CT molecular complexity index is 1140. The summed E-state index contributed by atoms with van der Waals surface area (Å²) in [6.45, 7) is 1.51. The number of aromatic hydroxyl groups is 1. The number of rotatable bonds is 2. The van der Waals surface area contributed by atoms with E-state index in [4.69, 9.17) is 5.73 Å². The Morgan fingerprint density at radius 1 is 1.22 bits per heavy atom. The Morgan fingerprint density at radius 2 is 1.84 bits per heavy atom. The minimum absolute atomic E-state index is 0.139. The van der Waals surface area contributed by atoms with Gasteiger partial charge in [0.1, 0.15) is 0 Å². The van der Waals surface area contributed by atoms with Gasteiger partial charge in [-0.1, -0.05) is 13.0 Å². The van der Waals surface area contributed by atoms with E-state index in [2.05, 4.69) is 0 Å². The van der Waals surface area contributed by atoms with Crippen LogP contribution in [0.25, 0.3) is 0 Å². The van der Waals surface area contributed by atoms with Gasteiger partial charge in [-0.2, -0.15) is 0 Å². The number of carbonyl (C=O) groups excluding carboxylic acids is 5. The highest BCUT2D eigenvalue weighted by Gasteiger charge is 2.70. The highest BCUT2D eigenvalue weighted by Crippen LogP contribution is 2.54. The van der Waals surface area contributed by atoms with Crippen molar-refractivity contribution >= 4 is 34.7 Å². The molecule has 32 heavy (non-hydrogen) atoms. The molecule has 0 radical (unpaired) electrons. The van der Waals surface area contributed by atoms with Crippen LogP contribution in [-0.2, 0) is 19.2 Å². The molecule has 0 spiro atoms. The van der Waals surface area contributed by atoms with Crippen LogP contribution >= 0.6 is 0 Å². The first-order valence-electron chi connectivity index (χ1n) is 9.71. The van der Waals surface area contributed by atoms with E-state index in [1.807, 2.05) is 0 Å². The molecule has 4 rings (SSSR count). The number of amides is 1. The Balaban J connectivity index is 1.91. The fourth-order valence-corrected chi connectivity index (χ4v) is 5.49. The summed E-state index contributed by atoms with van der Waals surface area (Å²) in [4.78, 5) is 73.7. The molecule has 5 N–H and O–H groups in total. The van der Waals surface area contributed by atoms with Crippen LogP contribution < -0.4 is 5.73 Å². The minimum Gasteiger partial charge on any atom is -0.502 e. The third-order valence-corrected chi connectivity index (χ3v) is 7.03. The Morgan fingerprint density at radius 3 is 2.41 bits per heavy atom. The number of nitro benzene ring substituents is 1. The van der Waals surface area contributed by atoms with Gasteiger partial charge in [-0.25, -0.2) is 0 Å². The van der Waals surface area contributed by atoms with E-state index in [0.717, 1.165) is 6.07 Å². The maximum Gasteiger partial charge on any atom is 0.311 e. The summed E-state index contributed by atoms with van der Waals surface area (Å²) < 4.78 is 0. The number of nitro groups is 1. The topological polar surface area (TPSA) is 215 Å². The van der Waals surface area contributed by atoms with Crippen LogP contribution in [0.5, 0.6) is 5.75 Å². The molecule has 0 saturated heterocycles. The molecule has 1 aromatic rings. The molecular formula is C20H18N2O10.